The summed E-state index contributed by atoms with van der Waals surface area (Å²) in [7, 11) is 0. The number of benzene rings is 7. The van der Waals surface area contributed by atoms with Crippen LogP contribution in [-0.2, 0) is 11.0 Å². The lowest BCUT2D eigenvalue weighted by Gasteiger charge is -2.38. The summed E-state index contributed by atoms with van der Waals surface area (Å²) in [4.78, 5) is 0. The molecule has 0 saturated heterocycles. The maximum absolute atomic E-state index is 9.75. The van der Waals surface area contributed by atoms with Gasteiger partial charge in [-0.15, -0.1) is 0 Å². The Bertz CT molecular complexity index is 2470. The number of fused-ring (bicyclic) bond motifs is 8. The van der Waals surface area contributed by atoms with Crippen LogP contribution >= 0.6 is 0 Å². The molecule has 0 spiro atoms. The van der Waals surface area contributed by atoms with E-state index in [0.29, 0.717) is 5.56 Å². The van der Waals surface area contributed by atoms with E-state index >= 15 is 0 Å². The highest BCUT2D eigenvalue weighted by atomic mass is 16.5. The molecule has 7 aromatic rings. The topological polar surface area (TPSA) is 33.0 Å². The molecule has 1 unspecified atom stereocenters. The van der Waals surface area contributed by atoms with Crippen molar-refractivity contribution in [3.05, 3.63) is 191 Å². The largest absolute Gasteiger partial charge is 0.472 e. The van der Waals surface area contributed by atoms with Crippen molar-refractivity contribution in [3.63, 3.8) is 0 Å². The zero-order valence-corrected chi connectivity index (χ0v) is 27.4. The van der Waals surface area contributed by atoms with Gasteiger partial charge in [-0.25, -0.2) is 0 Å². The van der Waals surface area contributed by atoms with Crippen molar-refractivity contribution in [1.29, 1.82) is 5.26 Å². The number of nitrogens with zero attached hydrogens (tertiary/aromatic N) is 1. The van der Waals surface area contributed by atoms with Crippen molar-refractivity contribution < 1.29 is 4.74 Å². The Labute approximate surface area is 287 Å². The van der Waals surface area contributed by atoms with Crippen molar-refractivity contribution in [2.75, 3.05) is 0 Å². The van der Waals surface area contributed by atoms with Gasteiger partial charge in [0.25, 0.3) is 0 Å². The molecule has 0 bridgehead atoms. The van der Waals surface area contributed by atoms with E-state index in [9.17, 15) is 5.26 Å². The molecule has 49 heavy (non-hydrogen) atoms. The third-order valence-corrected chi connectivity index (χ3v) is 10.5. The number of hydrogen-bond acceptors (Lipinski definition) is 2. The van der Waals surface area contributed by atoms with Crippen molar-refractivity contribution in [2.45, 2.75) is 24.9 Å². The van der Waals surface area contributed by atoms with E-state index in [0.717, 1.165) is 33.4 Å². The average molecular weight is 628 g/mol. The zero-order valence-electron chi connectivity index (χ0n) is 27.4. The molecule has 0 fully saturated rings. The fraction of sp³-hybridized carbons (Fsp3) is 0.0851. The Hall–Kier alpha value is -6.17. The predicted molar refractivity (Wildman–Crippen MR) is 200 cm³/mol. The molecule has 9 rings (SSSR count). The van der Waals surface area contributed by atoms with E-state index in [-0.39, 0.29) is 5.41 Å². The van der Waals surface area contributed by atoms with Crippen LogP contribution in [0.3, 0.4) is 0 Å². The second-order valence-corrected chi connectivity index (χ2v) is 13.6. The molecule has 2 nitrogen and oxygen atoms in total. The summed E-state index contributed by atoms with van der Waals surface area (Å²) >= 11 is 0. The lowest BCUT2D eigenvalue weighted by molar-refractivity contribution is 0.163. The maximum atomic E-state index is 9.75. The molecule has 0 N–H and O–H groups in total. The molecule has 232 valence electrons. The Morgan fingerprint density at radius 2 is 1.12 bits per heavy atom. The van der Waals surface area contributed by atoms with Gasteiger partial charge in [0.1, 0.15) is 5.75 Å². The Kier molecular flexibility index (Phi) is 6.48. The van der Waals surface area contributed by atoms with Gasteiger partial charge in [-0.1, -0.05) is 159 Å². The highest BCUT2D eigenvalue weighted by Crippen LogP contribution is 2.58. The SMILES string of the molecule is CC1(C)c2cc(C#N)ccc2-c2c1c1c(c3ccccc23)OC(c2ccccc2)(c2ccc(-c3ccc(-c4ccccc4)cc3)cc2)C=C1. The minimum Gasteiger partial charge on any atom is -0.472 e. The predicted octanol–water partition coefficient (Wildman–Crippen LogP) is 11.7. The summed E-state index contributed by atoms with van der Waals surface area (Å²) in [5, 5.41) is 12.0. The van der Waals surface area contributed by atoms with Gasteiger partial charge in [-0.3, -0.25) is 0 Å². The molecule has 0 radical (unpaired) electrons. The molecule has 1 aliphatic heterocycles. The number of nitriles is 1. The van der Waals surface area contributed by atoms with Gasteiger partial charge in [-0.05, 0) is 68.1 Å². The summed E-state index contributed by atoms with van der Waals surface area (Å²) in [6, 6.07) is 55.7. The van der Waals surface area contributed by atoms with E-state index in [1.54, 1.807) is 0 Å². The molecule has 2 aliphatic rings. The van der Waals surface area contributed by atoms with Gasteiger partial charge in [0.15, 0.2) is 5.60 Å². The van der Waals surface area contributed by atoms with E-state index in [1.165, 1.54) is 44.3 Å². The first-order valence-corrected chi connectivity index (χ1v) is 16.8. The normalized spacial score (nSPS) is 16.7. The van der Waals surface area contributed by atoms with Gasteiger partial charge in [-0.2, -0.15) is 5.26 Å². The van der Waals surface area contributed by atoms with Gasteiger partial charge in [0, 0.05) is 27.5 Å². The van der Waals surface area contributed by atoms with Crippen molar-refractivity contribution in [2.24, 2.45) is 0 Å². The highest BCUT2D eigenvalue weighted by molar-refractivity contribution is 6.08. The second-order valence-electron chi connectivity index (χ2n) is 13.6. The summed E-state index contributed by atoms with van der Waals surface area (Å²) in [5.74, 6) is 0.891. The van der Waals surface area contributed by atoms with Gasteiger partial charge in [0.2, 0.25) is 0 Å². The molecule has 0 amide bonds. The first-order valence-electron chi connectivity index (χ1n) is 16.8. The minimum atomic E-state index is -0.829. The third-order valence-electron chi connectivity index (χ3n) is 10.5. The first-order chi connectivity index (χ1) is 24.0. The third kappa shape index (κ3) is 4.40. The summed E-state index contributed by atoms with van der Waals surface area (Å²) in [6.07, 6.45) is 4.52. The molecule has 1 heterocycles. The second kappa shape index (κ2) is 10.9. The number of ether oxygens (including phenoxy) is 1. The van der Waals surface area contributed by atoms with Crippen LogP contribution < -0.4 is 4.74 Å². The quantitative estimate of drug-likeness (QED) is 0.194. The Balaban J connectivity index is 1.19. The van der Waals surface area contributed by atoms with E-state index in [2.05, 4.69) is 172 Å². The minimum absolute atomic E-state index is 0.316. The van der Waals surface area contributed by atoms with Gasteiger partial charge in [0.05, 0.1) is 11.6 Å². The van der Waals surface area contributed by atoms with Crippen LogP contribution in [0, 0.1) is 11.3 Å². The monoisotopic (exact) mass is 627 g/mol. The van der Waals surface area contributed by atoms with Gasteiger partial charge < -0.3 is 4.74 Å². The standard InChI is InChI=1S/C47H33NO/c1-46(2)42-29-31(30-48)17-26-40(42)43-38-15-9-10-16-39(38)45-41(44(43)46)27-28-47(49-45,36-13-7-4-8-14-36)37-24-22-35(23-25-37)34-20-18-33(19-21-34)32-11-5-3-6-12-32/h3-29H,1-2H3. The fourth-order valence-electron chi connectivity index (χ4n) is 8.06. The van der Waals surface area contributed by atoms with Crippen LogP contribution in [0.4, 0.5) is 0 Å². The van der Waals surface area contributed by atoms with Crippen LogP contribution in [0.1, 0.15) is 47.2 Å². The molecule has 1 aliphatic carbocycles. The molecular weight excluding hydrogens is 595 g/mol. The maximum Gasteiger partial charge on any atom is 0.178 e. The van der Waals surface area contributed by atoms with Crippen LogP contribution in [0.2, 0.25) is 0 Å². The van der Waals surface area contributed by atoms with E-state index in [4.69, 9.17) is 4.74 Å². The number of hydrogen-bond donors (Lipinski definition) is 0. The van der Waals surface area contributed by atoms with Crippen molar-refractivity contribution >= 4 is 16.8 Å². The Morgan fingerprint density at radius 3 is 1.78 bits per heavy atom. The molecule has 0 aromatic heterocycles. The highest BCUT2D eigenvalue weighted by Gasteiger charge is 2.44. The van der Waals surface area contributed by atoms with Crippen molar-refractivity contribution in [3.8, 4) is 45.2 Å². The molecular formula is C47H33NO. The molecule has 0 saturated carbocycles. The first kappa shape index (κ1) is 29.0. The number of rotatable bonds is 4. The van der Waals surface area contributed by atoms with Crippen molar-refractivity contribution in [1.82, 2.24) is 0 Å². The van der Waals surface area contributed by atoms with Crippen LogP contribution in [0.25, 0.3) is 50.2 Å². The molecule has 1 atom stereocenters. The lowest BCUT2D eigenvalue weighted by atomic mass is 9.76. The van der Waals surface area contributed by atoms with Crippen LogP contribution in [0.5, 0.6) is 5.75 Å². The summed E-state index contributed by atoms with van der Waals surface area (Å²) in [6.45, 7) is 4.54. The fourth-order valence-corrected chi connectivity index (χ4v) is 8.06. The van der Waals surface area contributed by atoms with E-state index in [1.807, 2.05) is 12.1 Å². The van der Waals surface area contributed by atoms with Crippen LogP contribution in [-0.4, -0.2) is 0 Å². The van der Waals surface area contributed by atoms with Gasteiger partial charge >= 0.3 is 0 Å². The summed E-state index contributed by atoms with van der Waals surface area (Å²) < 4.78 is 7.44. The zero-order chi connectivity index (χ0) is 33.2. The Morgan fingerprint density at radius 1 is 0.571 bits per heavy atom. The van der Waals surface area contributed by atoms with E-state index < -0.39 is 5.60 Å². The lowest BCUT2D eigenvalue weighted by Crippen LogP contribution is -2.35. The molecule has 2 heteroatoms. The van der Waals surface area contributed by atoms with Crippen LogP contribution in [0.15, 0.2) is 158 Å². The summed E-state index contributed by atoms with van der Waals surface area (Å²) in [5.41, 5.74) is 12.4. The molecule has 7 aromatic carbocycles. The average Bonchev–Trinajstić information content (AvgIpc) is 3.41. The smallest absolute Gasteiger partial charge is 0.178 e.